The first-order chi connectivity index (χ1) is 12.2. The van der Waals surface area contributed by atoms with Crippen molar-refractivity contribution in [1.82, 2.24) is 0 Å². The van der Waals surface area contributed by atoms with Crippen LogP contribution in [0, 0.1) is 39.9 Å². The van der Waals surface area contributed by atoms with Gasteiger partial charge >= 0.3 is 0 Å². The van der Waals surface area contributed by atoms with Crippen LogP contribution in [0.2, 0.25) is 0 Å². The van der Waals surface area contributed by atoms with E-state index in [1.807, 2.05) is 13.0 Å². The van der Waals surface area contributed by atoms with Crippen molar-refractivity contribution in [2.75, 3.05) is 0 Å². The first kappa shape index (κ1) is 18.2. The monoisotopic (exact) mass is 354 g/mol. The molecule has 0 N–H and O–H groups in total. The van der Waals surface area contributed by atoms with Crippen LogP contribution in [0.15, 0.2) is 23.8 Å². The van der Waals surface area contributed by atoms with Crippen molar-refractivity contribution >= 4 is 11.6 Å². The normalized spacial score (nSPS) is 49.9. The Bertz CT molecular complexity index is 716. The number of fused-ring (bicyclic) bond motifs is 5. The molecular formula is C24H34O2. The summed E-state index contributed by atoms with van der Waals surface area (Å²) < 4.78 is 0. The van der Waals surface area contributed by atoms with Crippen LogP contribution in [0.5, 0.6) is 0 Å². The summed E-state index contributed by atoms with van der Waals surface area (Å²) in [4.78, 5) is 24.9. The first-order valence-electron chi connectivity index (χ1n) is 10.7. The Kier molecular flexibility index (Phi) is 3.96. The number of carbonyl (C=O) groups is 2. The van der Waals surface area contributed by atoms with Gasteiger partial charge in [-0.1, -0.05) is 46.3 Å². The molecule has 142 valence electrons. The molecule has 0 bridgehead atoms. The predicted molar refractivity (Wildman–Crippen MR) is 105 cm³/mol. The van der Waals surface area contributed by atoms with Crippen LogP contribution in [0.25, 0.3) is 0 Å². The molecule has 4 rings (SSSR count). The van der Waals surface area contributed by atoms with Crippen LogP contribution in [-0.4, -0.2) is 11.6 Å². The van der Waals surface area contributed by atoms with Gasteiger partial charge in [0.2, 0.25) is 0 Å². The van der Waals surface area contributed by atoms with Gasteiger partial charge in [0.05, 0.1) is 0 Å². The molecule has 0 spiro atoms. The van der Waals surface area contributed by atoms with Gasteiger partial charge in [-0.3, -0.25) is 9.59 Å². The van der Waals surface area contributed by atoms with Crippen molar-refractivity contribution in [2.24, 2.45) is 39.9 Å². The van der Waals surface area contributed by atoms with E-state index in [-0.39, 0.29) is 22.0 Å². The lowest BCUT2D eigenvalue weighted by Crippen LogP contribution is -2.53. The highest BCUT2D eigenvalue weighted by Gasteiger charge is 2.66. The first-order valence-corrected chi connectivity index (χ1v) is 10.7. The molecule has 3 fully saturated rings. The number of allylic oxidation sites excluding steroid dienone is 4. The quantitative estimate of drug-likeness (QED) is 0.654. The second-order valence-corrected chi connectivity index (χ2v) is 10.2. The van der Waals surface area contributed by atoms with E-state index in [9.17, 15) is 9.59 Å². The fourth-order valence-electron chi connectivity index (χ4n) is 7.74. The van der Waals surface area contributed by atoms with Gasteiger partial charge in [-0.15, -0.1) is 0 Å². The van der Waals surface area contributed by atoms with Crippen molar-refractivity contribution in [2.45, 2.75) is 73.1 Å². The predicted octanol–water partition coefficient (Wildman–Crippen LogP) is 5.53. The number of carbonyl (C=O) groups excluding carboxylic acids is 2. The fourth-order valence-corrected chi connectivity index (χ4v) is 7.74. The van der Waals surface area contributed by atoms with Crippen molar-refractivity contribution < 1.29 is 9.59 Å². The summed E-state index contributed by atoms with van der Waals surface area (Å²) in [6.45, 7) is 11.4. The molecular weight excluding hydrogens is 320 g/mol. The van der Waals surface area contributed by atoms with Crippen LogP contribution in [0.3, 0.4) is 0 Å². The molecule has 0 heterocycles. The second-order valence-electron chi connectivity index (χ2n) is 10.2. The van der Waals surface area contributed by atoms with Gasteiger partial charge in [-0.05, 0) is 73.3 Å². The Labute approximate surface area is 158 Å². The Balaban J connectivity index is 1.72. The summed E-state index contributed by atoms with van der Waals surface area (Å²) in [5, 5.41) is 0. The molecule has 0 saturated heterocycles. The van der Waals surface area contributed by atoms with Crippen molar-refractivity contribution in [3.8, 4) is 0 Å². The van der Waals surface area contributed by atoms with Crippen LogP contribution in [0.1, 0.15) is 73.1 Å². The molecule has 7 atom stereocenters. The van der Waals surface area contributed by atoms with Crippen molar-refractivity contribution in [1.29, 1.82) is 0 Å². The molecule has 3 saturated carbocycles. The van der Waals surface area contributed by atoms with Gasteiger partial charge in [-0.25, -0.2) is 0 Å². The molecule has 7 unspecified atom stereocenters. The Hall–Kier alpha value is -1.18. The van der Waals surface area contributed by atoms with E-state index in [1.165, 1.54) is 24.8 Å². The van der Waals surface area contributed by atoms with Gasteiger partial charge in [0.1, 0.15) is 5.78 Å². The molecule has 0 aromatic rings. The number of hydrogen-bond donors (Lipinski definition) is 0. The zero-order valence-corrected chi connectivity index (χ0v) is 17.1. The minimum absolute atomic E-state index is 0.0507. The van der Waals surface area contributed by atoms with Gasteiger partial charge in [-0.2, -0.15) is 0 Å². The van der Waals surface area contributed by atoms with E-state index in [4.69, 9.17) is 0 Å². The Morgan fingerprint density at radius 2 is 1.92 bits per heavy atom. The van der Waals surface area contributed by atoms with Gasteiger partial charge < -0.3 is 0 Å². The van der Waals surface area contributed by atoms with Crippen molar-refractivity contribution in [3.63, 3.8) is 0 Å². The SMILES string of the molecule is CCC(=O)C1(C)C(C)CC2C3CCC4=CC(=O)C=CC4(C)C3CCC21C. The maximum absolute atomic E-state index is 13.0. The molecule has 0 amide bonds. The molecule has 0 aromatic carbocycles. The van der Waals surface area contributed by atoms with Crippen LogP contribution in [-0.2, 0) is 9.59 Å². The van der Waals surface area contributed by atoms with Crippen LogP contribution >= 0.6 is 0 Å². The van der Waals surface area contributed by atoms with Crippen LogP contribution in [0.4, 0.5) is 0 Å². The fraction of sp³-hybridized carbons (Fsp3) is 0.750. The summed E-state index contributed by atoms with van der Waals surface area (Å²) in [6, 6.07) is 0. The van der Waals surface area contributed by atoms with E-state index in [1.54, 1.807) is 6.08 Å². The van der Waals surface area contributed by atoms with Crippen molar-refractivity contribution in [3.05, 3.63) is 23.8 Å². The van der Waals surface area contributed by atoms with Crippen LogP contribution < -0.4 is 0 Å². The molecule has 4 aliphatic rings. The smallest absolute Gasteiger partial charge is 0.178 e. The second kappa shape index (κ2) is 5.66. The topological polar surface area (TPSA) is 34.1 Å². The molecule has 2 heteroatoms. The van der Waals surface area contributed by atoms with Gasteiger partial charge in [0.25, 0.3) is 0 Å². The maximum Gasteiger partial charge on any atom is 0.178 e. The highest BCUT2D eigenvalue weighted by Crippen LogP contribution is 2.71. The summed E-state index contributed by atoms with van der Waals surface area (Å²) in [6.07, 6.45) is 12.3. The number of rotatable bonds is 2. The third-order valence-corrected chi connectivity index (χ3v) is 9.63. The molecule has 0 radical (unpaired) electrons. The molecule has 0 aromatic heterocycles. The third-order valence-electron chi connectivity index (χ3n) is 9.63. The third kappa shape index (κ3) is 2.05. The minimum atomic E-state index is -0.174. The highest BCUT2D eigenvalue weighted by atomic mass is 16.1. The number of Topliss-reactive ketones (excluding diaryl/α,β-unsaturated/α-hetero) is 1. The van der Waals surface area contributed by atoms with E-state index in [0.717, 1.165) is 12.8 Å². The molecule has 0 aliphatic heterocycles. The standard InChI is InChI=1S/C24H34O2/c1-6-21(26)24(5)15(2)13-20-18-8-7-16-14-17(25)9-11-22(16,3)19(18)10-12-23(20,24)4/h9,11,14-15,18-20H,6-8,10,12-13H2,1-5H3. The summed E-state index contributed by atoms with van der Waals surface area (Å²) in [5.74, 6) is 3.04. The zero-order valence-electron chi connectivity index (χ0n) is 17.1. The lowest BCUT2D eigenvalue weighted by molar-refractivity contribution is -0.142. The molecule has 26 heavy (non-hydrogen) atoms. The van der Waals surface area contributed by atoms with E-state index >= 15 is 0 Å². The average Bonchev–Trinajstić information content (AvgIpc) is 2.83. The van der Waals surface area contributed by atoms with E-state index in [0.29, 0.717) is 35.9 Å². The summed E-state index contributed by atoms with van der Waals surface area (Å²) >= 11 is 0. The Morgan fingerprint density at radius 3 is 2.62 bits per heavy atom. The molecule has 4 aliphatic carbocycles. The summed E-state index contributed by atoms with van der Waals surface area (Å²) in [5.41, 5.74) is 1.36. The summed E-state index contributed by atoms with van der Waals surface area (Å²) in [7, 11) is 0. The zero-order chi connectivity index (χ0) is 18.9. The Morgan fingerprint density at radius 1 is 1.19 bits per heavy atom. The van der Waals surface area contributed by atoms with E-state index < -0.39 is 0 Å². The largest absolute Gasteiger partial charge is 0.299 e. The minimum Gasteiger partial charge on any atom is -0.299 e. The lowest BCUT2D eigenvalue weighted by atomic mass is 9.45. The molecule has 2 nitrogen and oxygen atoms in total. The average molecular weight is 355 g/mol. The lowest BCUT2D eigenvalue weighted by Gasteiger charge is -2.58. The van der Waals surface area contributed by atoms with Gasteiger partial charge in [0, 0.05) is 17.3 Å². The number of ketones is 2. The maximum atomic E-state index is 13.0. The highest BCUT2D eigenvalue weighted by molar-refractivity contribution is 6.01. The number of hydrogen-bond acceptors (Lipinski definition) is 2. The van der Waals surface area contributed by atoms with E-state index in [2.05, 4.69) is 33.8 Å². The van der Waals surface area contributed by atoms with Gasteiger partial charge in [0.15, 0.2) is 5.78 Å².